The highest BCUT2D eigenvalue weighted by atomic mass is 32.2. The summed E-state index contributed by atoms with van der Waals surface area (Å²) in [6.45, 7) is 2.65. The topological polar surface area (TPSA) is 60.4 Å². The van der Waals surface area contributed by atoms with Gasteiger partial charge in [0.1, 0.15) is 16.5 Å². The van der Waals surface area contributed by atoms with E-state index in [1.165, 1.54) is 13.8 Å². The molecule has 1 rings (SSSR count). The van der Waals surface area contributed by atoms with E-state index in [-0.39, 0.29) is 0 Å². The van der Waals surface area contributed by atoms with Crippen molar-refractivity contribution in [2.75, 3.05) is 7.11 Å². The minimum atomic E-state index is -4.08. The van der Waals surface area contributed by atoms with E-state index in [9.17, 15) is 22.0 Å². The number of hydrogen-bond donors (Lipinski definition) is 0. The predicted octanol–water partition coefficient (Wildman–Crippen LogP) is 1.94. The molecule has 7 heteroatoms. The molecule has 0 heterocycles. The van der Waals surface area contributed by atoms with Gasteiger partial charge in [-0.15, -0.1) is 0 Å². The highest BCUT2D eigenvalue weighted by Crippen LogP contribution is 2.24. The molecule has 106 valence electrons. The Hall–Kier alpha value is -1.50. The quantitative estimate of drug-likeness (QED) is 0.628. The van der Waals surface area contributed by atoms with Gasteiger partial charge in [0.2, 0.25) is 0 Å². The highest BCUT2D eigenvalue weighted by Gasteiger charge is 2.34. The monoisotopic (exact) mass is 292 g/mol. The summed E-state index contributed by atoms with van der Waals surface area (Å²) < 4.78 is 55.1. The molecule has 0 aromatic heterocycles. The van der Waals surface area contributed by atoms with Crippen LogP contribution in [0.15, 0.2) is 23.1 Å². The number of carbonyl (C=O) groups is 1. The molecule has 0 fully saturated rings. The van der Waals surface area contributed by atoms with Crippen molar-refractivity contribution in [1.82, 2.24) is 0 Å². The summed E-state index contributed by atoms with van der Waals surface area (Å²) in [5.41, 5.74) is 0. The number of rotatable bonds is 4. The number of methoxy groups -OCH3 is 1. The summed E-state index contributed by atoms with van der Waals surface area (Å²) in [5, 5.41) is -1.18. The Kier molecular flexibility index (Phi) is 4.62. The average molecular weight is 292 g/mol. The number of hydrogen-bond acceptors (Lipinski definition) is 4. The van der Waals surface area contributed by atoms with Crippen LogP contribution in [0.2, 0.25) is 0 Å². The first kappa shape index (κ1) is 15.6. The summed E-state index contributed by atoms with van der Waals surface area (Å²) in [7, 11) is -2.95. The summed E-state index contributed by atoms with van der Waals surface area (Å²) >= 11 is 0. The van der Waals surface area contributed by atoms with Crippen LogP contribution >= 0.6 is 0 Å². The van der Waals surface area contributed by atoms with E-state index in [2.05, 4.69) is 4.74 Å². The smallest absolute Gasteiger partial charge is 0.309 e. The number of ether oxygens (including phenoxy) is 1. The summed E-state index contributed by atoms with van der Waals surface area (Å²) in [4.78, 5) is 10.7. The largest absolute Gasteiger partial charge is 0.469 e. The van der Waals surface area contributed by atoms with Crippen LogP contribution in [-0.2, 0) is 19.4 Å². The molecule has 1 aromatic carbocycles. The molecule has 0 bridgehead atoms. The average Bonchev–Trinajstić information content (AvgIpc) is 2.35. The third-order valence-corrected chi connectivity index (χ3v) is 5.30. The SMILES string of the molecule is COC(=O)C(C)C(C)S(=O)(=O)c1ccc(F)cc1F. The third-order valence-electron chi connectivity index (χ3n) is 2.97. The van der Waals surface area contributed by atoms with Gasteiger partial charge in [0.05, 0.1) is 18.3 Å². The summed E-state index contributed by atoms with van der Waals surface area (Å²) in [6.07, 6.45) is 0. The molecule has 0 spiro atoms. The fourth-order valence-corrected chi connectivity index (χ4v) is 3.19. The zero-order valence-corrected chi connectivity index (χ0v) is 11.5. The second kappa shape index (κ2) is 5.64. The number of sulfone groups is 1. The molecule has 4 nitrogen and oxygen atoms in total. The highest BCUT2D eigenvalue weighted by molar-refractivity contribution is 7.92. The first-order valence-corrected chi connectivity index (χ1v) is 7.03. The zero-order chi connectivity index (χ0) is 14.8. The van der Waals surface area contributed by atoms with Crippen LogP contribution in [-0.4, -0.2) is 26.7 Å². The maximum Gasteiger partial charge on any atom is 0.309 e. The lowest BCUT2D eigenvalue weighted by atomic mass is 10.1. The second-order valence-corrected chi connectivity index (χ2v) is 6.41. The van der Waals surface area contributed by atoms with Crippen LogP contribution < -0.4 is 0 Å². The normalized spacial score (nSPS) is 14.8. The van der Waals surface area contributed by atoms with Gasteiger partial charge in [-0.05, 0) is 19.1 Å². The molecule has 0 radical (unpaired) electrons. The number of benzene rings is 1. The van der Waals surface area contributed by atoms with Crippen molar-refractivity contribution in [3.05, 3.63) is 29.8 Å². The number of halogens is 2. The van der Waals surface area contributed by atoms with Gasteiger partial charge in [0, 0.05) is 6.07 Å². The van der Waals surface area contributed by atoms with Crippen molar-refractivity contribution < 1.29 is 26.7 Å². The molecular formula is C12H14F2O4S. The van der Waals surface area contributed by atoms with Gasteiger partial charge in [0.15, 0.2) is 9.84 Å². The van der Waals surface area contributed by atoms with E-state index < -0.39 is 43.5 Å². The lowest BCUT2D eigenvalue weighted by molar-refractivity contribution is -0.144. The van der Waals surface area contributed by atoms with Crippen molar-refractivity contribution >= 4 is 15.8 Å². The van der Waals surface area contributed by atoms with E-state index in [1.807, 2.05) is 0 Å². The minimum absolute atomic E-state index is 0.489. The van der Waals surface area contributed by atoms with Crippen LogP contribution in [0.3, 0.4) is 0 Å². The van der Waals surface area contributed by atoms with E-state index in [0.29, 0.717) is 6.07 Å². The molecule has 0 aliphatic heterocycles. The zero-order valence-electron chi connectivity index (χ0n) is 10.7. The fraction of sp³-hybridized carbons (Fsp3) is 0.417. The van der Waals surface area contributed by atoms with E-state index in [4.69, 9.17) is 0 Å². The maximum absolute atomic E-state index is 13.5. The van der Waals surface area contributed by atoms with Gasteiger partial charge in [0.25, 0.3) is 0 Å². The van der Waals surface area contributed by atoms with Gasteiger partial charge in [-0.1, -0.05) is 6.92 Å². The number of carbonyl (C=O) groups excluding carboxylic acids is 1. The van der Waals surface area contributed by atoms with E-state index in [0.717, 1.165) is 19.2 Å². The Morgan fingerprint density at radius 3 is 2.32 bits per heavy atom. The first-order valence-electron chi connectivity index (χ1n) is 5.48. The Morgan fingerprint density at radius 2 is 1.84 bits per heavy atom. The second-order valence-electron chi connectivity index (χ2n) is 4.14. The Bertz CT molecular complexity index is 583. The molecule has 0 aliphatic rings. The summed E-state index contributed by atoms with van der Waals surface area (Å²) in [6, 6.07) is 2.19. The lowest BCUT2D eigenvalue weighted by Crippen LogP contribution is -2.32. The van der Waals surface area contributed by atoms with Crippen LogP contribution in [0.5, 0.6) is 0 Å². The Balaban J connectivity index is 3.20. The summed E-state index contributed by atoms with van der Waals surface area (Å²) in [5.74, 6) is -3.72. The van der Waals surface area contributed by atoms with Gasteiger partial charge in [-0.2, -0.15) is 0 Å². The van der Waals surface area contributed by atoms with Crippen LogP contribution in [0.4, 0.5) is 8.78 Å². The number of esters is 1. The predicted molar refractivity (Wildman–Crippen MR) is 64.2 cm³/mol. The van der Waals surface area contributed by atoms with Gasteiger partial charge in [-0.25, -0.2) is 17.2 Å². The first-order chi connectivity index (χ1) is 8.71. The van der Waals surface area contributed by atoms with Crippen molar-refractivity contribution in [2.24, 2.45) is 5.92 Å². The third kappa shape index (κ3) is 3.09. The van der Waals surface area contributed by atoms with Gasteiger partial charge >= 0.3 is 5.97 Å². The van der Waals surface area contributed by atoms with Crippen molar-refractivity contribution in [3.8, 4) is 0 Å². The molecule has 0 saturated carbocycles. The maximum atomic E-state index is 13.5. The molecule has 0 amide bonds. The van der Waals surface area contributed by atoms with E-state index >= 15 is 0 Å². The van der Waals surface area contributed by atoms with Gasteiger partial charge in [-0.3, -0.25) is 4.79 Å². The molecule has 0 aliphatic carbocycles. The van der Waals surface area contributed by atoms with Crippen molar-refractivity contribution in [2.45, 2.75) is 24.0 Å². The van der Waals surface area contributed by atoms with Crippen LogP contribution in [0.25, 0.3) is 0 Å². The molecule has 19 heavy (non-hydrogen) atoms. The fourth-order valence-electron chi connectivity index (χ4n) is 1.55. The van der Waals surface area contributed by atoms with Crippen molar-refractivity contribution in [3.63, 3.8) is 0 Å². The molecule has 2 atom stereocenters. The van der Waals surface area contributed by atoms with Crippen molar-refractivity contribution in [1.29, 1.82) is 0 Å². The Labute approximate surface area is 110 Å². The molecular weight excluding hydrogens is 278 g/mol. The standard InChI is InChI=1S/C12H14F2O4S/c1-7(12(15)18-3)8(2)19(16,17)11-5-4-9(13)6-10(11)14/h4-8H,1-3H3. The lowest BCUT2D eigenvalue weighted by Gasteiger charge is -2.18. The van der Waals surface area contributed by atoms with Crippen LogP contribution in [0.1, 0.15) is 13.8 Å². The Morgan fingerprint density at radius 1 is 1.26 bits per heavy atom. The van der Waals surface area contributed by atoms with E-state index in [1.54, 1.807) is 0 Å². The molecule has 0 saturated heterocycles. The van der Waals surface area contributed by atoms with Gasteiger partial charge < -0.3 is 4.74 Å². The molecule has 2 unspecified atom stereocenters. The van der Waals surface area contributed by atoms with Crippen LogP contribution in [0, 0.1) is 17.6 Å². The molecule has 1 aromatic rings. The minimum Gasteiger partial charge on any atom is -0.469 e. The molecule has 0 N–H and O–H groups in total.